The second kappa shape index (κ2) is 5.39. The maximum atomic E-state index is 12.1. The fraction of sp³-hybridized carbons (Fsp3) is 0.583. The van der Waals surface area contributed by atoms with Gasteiger partial charge in [-0.3, -0.25) is 4.79 Å². The Morgan fingerprint density at radius 2 is 1.94 bits per heavy atom. The van der Waals surface area contributed by atoms with E-state index in [0.29, 0.717) is 17.4 Å². The Morgan fingerprint density at radius 1 is 1.25 bits per heavy atom. The molecule has 4 heteroatoms. The highest BCUT2D eigenvalue weighted by Gasteiger charge is 2.19. The van der Waals surface area contributed by atoms with Gasteiger partial charge in [-0.25, -0.2) is 0 Å². The summed E-state index contributed by atoms with van der Waals surface area (Å²) in [4.78, 5) is 13.9. The first-order valence-corrected chi connectivity index (χ1v) is 6.28. The molecule has 0 radical (unpaired) electrons. The molecule has 1 aliphatic heterocycles. The number of likely N-dealkylation sites (tertiary alicyclic amines) is 1. The Kier molecular flexibility index (Phi) is 3.88. The number of carbonyl (C=O) groups is 1. The Labute approximate surface area is 100 Å². The van der Waals surface area contributed by atoms with E-state index in [1.165, 1.54) is 12.8 Å². The van der Waals surface area contributed by atoms with Crippen molar-refractivity contribution in [2.45, 2.75) is 31.6 Å². The quantitative estimate of drug-likeness (QED) is 0.746. The summed E-state index contributed by atoms with van der Waals surface area (Å²) in [5.74, 6) is 1.38. The highest BCUT2D eigenvalue weighted by atomic mass is 35.5. The van der Waals surface area contributed by atoms with Crippen molar-refractivity contribution in [3.05, 3.63) is 23.7 Å². The van der Waals surface area contributed by atoms with Crippen LogP contribution in [0.1, 0.15) is 42.0 Å². The molecule has 16 heavy (non-hydrogen) atoms. The lowest BCUT2D eigenvalue weighted by Gasteiger charge is -2.18. The van der Waals surface area contributed by atoms with Gasteiger partial charge in [0.1, 0.15) is 5.76 Å². The zero-order valence-corrected chi connectivity index (χ0v) is 10.0. The SMILES string of the molecule is O=C(c1ccc(CCl)o1)N1CCCCCC1. The number of furan rings is 1. The van der Waals surface area contributed by atoms with E-state index < -0.39 is 0 Å². The molecule has 0 aliphatic carbocycles. The zero-order valence-electron chi connectivity index (χ0n) is 9.25. The van der Waals surface area contributed by atoms with Crippen molar-refractivity contribution >= 4 is 17.5 Å². The predicted molar refractivity (Wildman–Crippen MR) is 62.6 cm³/mol. The molecule has 0 atom stereocenters. The van der Waals surface area contributed by atoms with Crippen LogP contribution < -0.4 is 0 Å². The number of amides is 1. The first kappa shape index (κ1) is 11.5. The van der Waals surface area contributed by atoms with Gasteiger partial charge in [-0.15, -0.1) is 11.6 Å². The lowest BCUT2D eigenvalue weighted by atomic mass is 10.2. The van der Waals surface area contributed by atoms with Gasteiger partial charge in [0.2, 0.25) is 0 Å². The highest BCUT2D eigenvalue weighted by molar-refractivity contribution is 6.16. The largest absolute Gasteiger partial charge is 0.455 e. The number of hydrogen-bond acceptors (Lipinski definition) is 2. The Balaban J connectivity index is 2.05. The van der Waals surface area contributed by atoms with E-state index in [2.05, 4.69) is 0 Å². The third-order valence-electron chi connectivity index (χ3n) is 2.90. The molecular weight excluding hydrogens is 226 g/mol. The molecule has 2 rings (SSSR count). The maximum Gasteiger partial charge on any atom is 0.289 e. The van der Waals surface area contributed by atoms with Gasteiger partial charge in [0.15, 0.2) is 5.76 Å². The van der Waals surface area contributed by atoms with Crippen molar-refractivity contribution in [2.75, 3.05) is 13.1 Å². The number of rotatable bonds is 2. The van der Waals surface area contributed by atoms with Crippen LogP contribution in [0, 0.1) is 0 Å². The molecule has 1 amide bonds. The molecule has 88 valence electrons. The van der Waals surface area contributed by atoms with Gasteiger partial charge in [-0.2, -0.15) is 0 Å². The van der Waals surface area contributed by atoms with Gasteiger partial charge in [-0.05, 0) is 25.0 Å². The normalized spacial score (nSPS) is 17.2. The first-order chi connectivity index (χ1) is 7.81. The van der Waals surface area contributed by atoms with Crippen LogP contribution in [0.2, 0.25) is 0 Å². The fourth-order valence-corrected chi connectivity index (χ4v) is 2.14. The molecule has 0 bridgehead atoms. The van der Waals surface area contributed by atoms with E-state index >= 15 is 0 Å². The van der Waals surface area contributed by atoms with Crippen LogP contribution in [0.25, 0.3) is 0 Å². The summed E-state index contributed by atoms with van der Waals surface area (Å²) in [6.45, 7) is 1.69. The summed E-state index contributed by atoms with van der Waals surface area (Å²) >= 11 is 5.64. The molecule has 3 nitrogen and oxygen atoms in total. The number of halogens is 1. The second-order valence-corrected chi connectivity index (χ2v) is 4.37. The molecule has 0 N–H and O–H groups in total. The van der Waals surface area contributed by atoms with Crippen LogP contribution in [0.15, 0.2) is 16.5 Å². The lowest BCUT2D eigenvalue weighted by Crippen LogP contribution is -2.31. The van der Waals surface area contributed by atoms with E-state index in [4.69, 9.17) is 16.0 Å². The molecular formula is C12H16ClNO2. The number of alkyl halides is 1. The number of nitrogens with zero attached hydrogens (tertiary/aromatic N) is 1. The van der Waals surface area contributed by atoms with Crippen molar-refractivity contribution in [2.24, 2.45) is 0 Å². The van der Waals surface area contributed by atoms with Crippen molar-refractivity contribution in [3.8, 4) is 0 Å². The van der Waals surface area contributed by atoms with Gasteiger partial charge < -0.3 is 9.32 Å². The van der Waals surface area contributed by atoms with Gasteiger partial charge in [0.05, 0.1) is 5.88 Å². The topological polar surface area (TPSA) is 33.5 Å². The van der Waals surface area contributed by atoms with Crippen molar-refractivity contribution in [1.82, 2.24) is 4.90 Å². The van der Waals surface area contributed by atoms with Crippen molar-refractivity contribution in [1.29, 1.82) is 0 Å². The van der Waals surface area contributed by atoms with E-state index in [1.807, 2.05) is 4.90 Å². The third-order valence-corrected chi connectivity index (χ3v) is 3.16. The van der Waals surface area contributed by atoms with Crippen LogP contribution in [-0.2, 0) is 5.88 Å². The lowest BCUT2D eigenvalue weighted by molar-refractivity contribution is 0.0728. The molecule has 1 aromatic rings. The zero-order chi connectivity index (χ0) is 11.4. The first-order valence-electron chi connectivity index (χ1n) is 5.75. The van der Waals surface area contributed by atoms with Crippen LogP contribution in [0.4, 0.5) is 0 Å². The summed E-state index contributed by atoms with van der Waals surface area (Å²) in [6.07, 6.45) is 4.62. The average Bonchev–Trinajstić information content (AvgIpc) is 2.62. The van der Waals surface area contributed by atoms with E-state index in [9.17, 15) is 4.79 Å². The summed E-state index contributed by atoms with van der Waals surface area (Å²) in [5.41, 5.74) is 0. The molecule has 0 aromatic carbocycles. The minimum absolute atomic E-state index is 0.00160. The van der Waals surface area contributed by atoms with Gasteiger partial charge >= 0.3 is 0 Å². The van der Waals surface area contributed by atoms with Gasteiger partial charge in [0, 0.05) is 13.1 Å². The van der Waals surface area contributed by atoms with E-state index in [0.717, 1.165) is 25.9 Å². The molecule has 1 aliphatic rings. The summed E-state index contributed by atoms with van der Waals surface area (Å²) < 4.78 is 5.37. The van der Waals surface area contributed by atoms with Gasteiger partial charge in [-0.1, -0.05) is 12.8 Å². The van der Waals surface area contributed by atoms with Crippen LogP contribution in [0.5, 0.6) is 0 Å². The van der Waals surface area contributed by atoms with Crippen LogP contribution >= 0.6 is 11.6 Å². The van der Waals surface area contributed by atoms with Crippen LogP contribution in [-0.4, -0.2) is 23.9 Å². The molecule has 1 aromatic heterocycles. The van der Waals surface area contributed by atoms with Crippen molar-refractivity contribution in [3.63, 3.8) is 0 Å². The Bertz CT molecular complexity index is 354. The van der Waals surface area contributed by atoms with E-state index in [1.54, 1.807) is 12.1 Å². The minimum atomic E-state index is -0.00160. The average molecular weight is 242 g/mol. The maximum absolute atomic E-state index is 12.1. The van der Waals surface area contributed by atoms with Crippen LogP contribution in [0.3, 0.4) is 0 Å². The minimum Gasteiger partial charge on any atom is -0.455 e. The highest BCUT2D eigenvalue weighted by Crippen LogP contribution is 2.16. The smallest absolute Gasteiger partial charge is 0.289 e. The van der Waals surface area contributed by atoms with Gasteiger partial charge in [0.25, 0.3) is 5.91 Å². The second-order valence-electron chi connectivity index (χ2n) is 4.11. The number of hydrogen-bond donors (Lipinski definition) is 0. The molecule has 0 unspecified atom stereocenters. The van der Waals surface area contributed by atoms with Crippen molar-refractivity contribution < 1.29 is 9.21 Å². The van der Waals surface area contributed by atoms with E-state index in [-0.39, 0.29) is 5.91 Å². The summed E-state index contributed by atoms with van der Waals surface area (Å²) in [6, 6.07) is 3.48. The Morgan fingerprint density at radius 3 is 2.50 bits per heavy atom. The molecule has 2 heterocycles. The number of carbonyl (C=O) groups excluding carboxylic acids is 1. The molecule has 1 saturated heterocycles. The molecule has 0 saturated carbocycles. The standard InChI is InChI=1S/C12H16ClNO2/c13-9-10-5-6-11(16-10)12(15)14-7-3-1-2-4-8-14/h5-6H,1-4,7-9H2. The Hall–Kier alpha value is -0.960. The molecule has 1 fully saturated rings. The molecule has 0 spiro atoms. The monoisotopic (exact) mass is 241 g/mol. The third kappa shape index (κ3) is 2.59. The summed E-state index contributed by atoms with van der Waals surface area (Å²) in [7, 11) is 0. The predicted octanol–water partition coefficient (Wildman–Crippen LogP) is 3.03. The summed E-state index contributed by atoms with van der Waals surface area (Å²) in [5, 5.41) is 0. The fourth-order valence-electron chi connectivity index (χ4n) is 1.99.